The van der Waals surface area contributed by atoms with Crippen LogP contribution in [0.1, 0.15) is 23.2 Å². The van der Waals surface area contributed by atoms with Crippen LogP contribution in [0, 0.1) is 5.82 Å². The Bertz CT molecular complexity index is 922. The van der Waals surface area contributed by atoms with E-state index in [0.717, 1.165) is 5.56 Å². The summed E-state index contributed by atoms with van der Waals surface area (Å²) in [5, 5.41) is 4.73. The van der Waals surface area contributed by atoms with Crippen molar-refractivity contribution < 1.29 is 13.5 Å². The van der Waals surface area contributed by atoms with E-state index in [4.69, 9.17) is 4.74 Å². The van der Waals surface area contributed by atoms with Crippen molar-refractivity contribution in [2.45, 2.75) is 24.2 Å². The monoisotopic (exact) mass is 422 g/mol. The van der Waals surface area contributed by atoms with Crippen LogP contribution in [0.15, 0.2) is 53.4 Å². The van der Waals surface area contributed by atoms with E-state index in [1.807, 2.05) is 0 Å². The number of allylic oxidation sites excluding steroid dienone is 2. The quantitative estimate of drug-likeness (QED) is 0.684. The lowest BCUT2D eigenvalue weighted by Gasteiger charge is -2.24. The minimum Gasteiger partial charge on any atom is -0.346 e. The first-order valence-electron chi connectivity index (χ1n) is 7.98. The molecular formula is C19H17BrF2N2O2. The van der Waals surface area contributed by atoms with Gasteiger partial charge < -0.3 is 4.74 Å². The van der Waals surface area contributed by atoms with Crippen LogP contribution in [0.25, 0.3) is 5.57 Å². The Labute approximate surface area is 157 Å². The molecule has 0 aliphatic heterocycles. The van der Waals surface area contributed by atoms with Gasteiger partial charge in [-0.1, -0.05) is 40.2 Å². The summed E-state index contributed by atoms with van der Waals surface area (Å²) >= 11 is 3.31. The Morgan fingerprint density at radius 1 is 1.35 bits per heavy atom. The van der Waals surface area contributed by atoms with Crippen molar-refractivity contribution >= 4 is 21.5 Å². The Morgan fingerprint density at radius 2 is 2.08 bits per heavy atom. The van der Waals surface area contributed by atoms with Gasteiger partial charge in [0.1, 0.15) is 5.82 Å². The molecule has 0 radical (unpaired) electrons. The van der Waals surface area contributed by atoms with Gasteiger partial charge in [-0.25, -0.2) is 13.5 Å². The van der Waals surface area contributed by atoms with Gasteiger partial charge in [0.25, 0.3) is 5.56 Å². The fraction of sp³-hybridized carbons (Fsp3) is 0.263. The first-order chi connectivity index (χ1) is 12.4. The van der Waals surface area contributed by atoms with E-state index >= 15 is 0 Å². The summed E-state index contributed by atoms with van der Waals surface area (Å²) in [4.78, 5) is 12.6. The third-order valence-corrected chi connectivity index (χ3v) is 4.78. The second-order valence-corrected chi connectivity index (χ2v) is 6.56. The van der Waals surface area contributed by atoms with E-state index in [1.165, 1.54) is 30.0 Å². The number of rotatable bonds is 5. The molecule has 0 N–H and O–H groups in total. The average Bonchev–Trinajstić information content (AvgIpc) is 2.65. The van der Waals surface area contributed by atoms with Crippen molar-refractivity contribution in [3.63, 3.8) is 0 Å². The Hall–Kier alpha value is -2.12. The molecule has 2 aromatic rings. The smallest absolute Gasteiger partial charge is 0.271 e. The number of nitrogens with zero attached hydrogens (tertiary/aromatic N) is 2. The van der Waals surface area contributed by atoms with E-state index in [0.29, 0.717) is 22.2 Å². The lowest BCUT2D eigenvalue weighted by Crippen LogP contribution is -2.29. The molecule has 0 spiro atoms. The van der Waals surface area contributed by atoms with E-state index in [9.17, 15) is 13.6 Å². The van der Waals surface area contributed by atoms with Gasteiger partial charge in [-0.05, 0) is 35.4 Å². The van der Waals surface area contributed by atoms with Gasteiger partial charge in [0.05, 0.1) is 12.2 Å². The molecule has 26 heavy (non-hydrogen) atoms. The van der Waals surface area contributed by atoms with Crippen LogP contribution in [0.3, 0.4) is 0 Å². The van der Waals surface area contributed by atoms with Crippen molar-refractivity contribution in [2.75, 3.05) is 7.11 Å². The average molecular weight is 423 g/mol. The predicted molar refractivity (Wildman–Crippen MR) is 99.2 cm³/mol. The third-order valence-electron chi connectivity index (χ3n) is 4.18. The van der Waals surface area contributed by atoms with Crippen LogP contribution in [-0.2, 0) is 16.6 Å². The lowest BCUT2D eigenvalue weighted by atomic mass is 9.97. The summed E-state index contributed by atoms with van der Waals surface area (Å²) in [5.74, 6) is -2.24. The van der Waals surface area contributed by atoms with Crippen molar-refractivity contribution in [3.05, 3.63) is 81.6 Å². The highest BCUT2D eigenvalue weighted by Gasteiger charge is 2.30. The summed E-state index contributed by atoms with van der Waals surface area (Å²) in [5.41, 5.74) is 2.14. The maximum absolute atomic E-state index is 14.5. The van der Waals surface area contributed by atoms with Gasteiger partial charge in [-0.3, -0.25) is 4.79 Å². The van der Waals surface area contributed by atoms with Crippen LogP contribution in [0.5, 0.6) is 0 Å². The molecule has 1 unspecified atom stereocenters. The van der Waals surface area contributed by atoms with Crippen molar-refractivity contribution in [1.29, 1.82) is 0 Å². The Kier molecular flexibility index (Phi) is 5.48. The first-order valence-corrected chi connectivity index (χ1v) is 9.10. The zero-order chi connectivity index (χ0) is 18.7. The summed E-state index contributed by atoms with van der Waals surface area (Å²) in [6.45, 7) is 0.196. The fourth-order valence-electron chi connectivity index (χ4n) is 2.72. The molecule has 0 saturated heterocycles. The second-order valence-electron chi connectivity index (χ2n) is 6.00. The summed E-state index contributed by atoms with van der Waals surface area (Å²) in [6.07, 6.45) is 4.68. The highest BCUT2D eigenvalue weighted by molar-refractivity contribution is 9.08. The minimum absolute atomic E-state index is 0.00345. The van der Waals surface area contributed by atoms with Crippen molar-refractivity contribution in [1.82, 2.24) is 9.78 Å². The van der Waals surface area contributed by atoms with Crippen LogP contribution in [-0.4, -0.2) is 22.7 Å². The molecule has 1 atom stereocenters. The molecule has 0 fully saturated rings. The largest absolute Gasteiger partial charge is 0.346 e. The standard InChI is InChI=1S/C19H17BrF2N2O2/c1-26-19(22)8-2-3-14(10-19)17-9-15(11-20)18(25)24(23-17)12-13-4-6-16(21)7-5-13/h2-9H,10-12H2,1H3. The maximum atomic E-state index is 14.5. The normalized spacial score (nSPS) is 19.5. The minimum atomic E-state index is -1.89. The van der Waals surface area contributed by atoms with Gasteiger partial charge in [-0.15, -0.1) is 0 Å². The summed E-state index contributed by atoms with van der Waals surface area (Å²) in [7, 11) is 1.31. The molecular weight excluding hydrogens is 406 g/mol. The molecule has 1 aromatic carbocycles. The van der Waals surface area contributed by atoms with E-state index in [-0.39, 0.29) is 24.3 Å². The topological polar surface area (TPSA) is 44.1 Å². The van der Waals surface area contributed by atoms with E-state index in [2.05, 4.69) is 21.0 Å². The van der Waals surface area contributed by atoms with E-state index < -0.39 is 5.85 Å². The molecule has 3 rings (SSSR count). The van der Waals surface area contributed by atoms with Gasteiger partial charge in [-0.2, -0.15) is 5.10 Å². The van der Waals surface area contributed by atoms with Gasteiger partial charge in [0.15, 0.2) is 0 Å². The summed E-state index contributed by atoms with van der Waals surface area (Å²) in [6, 6.07) is 7.52. The van der Waals surface area contributed by atoms with Crippen molar-refractivity contribution in [2.24, 2.45) is 0 Å². The number of methoxy groups -OCH3 is 1. The maximum Gasteiger partial charge on any atom is 0.271 e. The fourth-order valence-corrected chi connectivity index (χ4v) is 3.12. The molecule has 136 valence electrons. The molecule has 1 heterocycles. The first kappa shape index (κ1) is 18.7. The SMILES string of the molecule is COC1(F)C=CC=C(c2cc(CBr)c(=O)n(Cc3ccc(F)cc3)n2)C1. The van der Waals surface area contributed by atoms with Crippen molar-refractivity contribution in [3.8, 4) is 0 Å². The Morgan fingerprint density at radius 3 is 2.73 bits per heavy atom. The Balaban J connectivity index is 2.00. The number of benzene rings is 1. The van der Waals surface area contributed by atoms with E-state index in [1.54, 1.807) is 30.4 Å². The lowest BCUT2D eigenvalue weighted by molar-refractivity contribution is -0.0748. The number of ether oxygens (including phenoxy) is 1. The zero-order valence-corrected chi connectivity index (χ0v) is 15.7. The highest BCUT2D eigenvalue weighted by atomic mass is 79.9. The molecule has 4 nitrogen and oxygen atoms in total. The number of hydrogen-bond acceptors (Lipinski definition) is 3. The number of alkyl halides is 2. The molecule has 1 aliphatic carbocycles. The van der Waals surface area contributed by atoms with Crippen LogP contribution in [0.4, 0.5) is 8.78 Å². The molecule has 0 saturated carbocycles. The molecule has 7 heteroatoms. The zero-order valence-electron chi connectivity index (χ0n) is 14.1. The molecule has 0 bridgehead atoms. The summed E-state index contributed by atoms with van der Waals surface area (Å²) < 4.78 is 33.8. The number of aromatic nitrogens is 2. The second kappa shape index (κ2) is 7.63. The molecule has 0 amide bonds. The highest BCUT2D eigenvalue weighted by Crippen LogP contribution is 2.32. The van der Waals surface area contributed by atoms with Gasteiger partial charge >= 0.3 is 0 Å². The molecule has 1 aromatic heterocycles. The third kappa shape index (κ3) is 3.99. The van der Waals surface area contributed by atoms with Gasteiger partial charge in [0, 0.05) is 24.4 Å². The molecule has 1 aliphatic rings. The van der Waals surface area contributed by atoms with Crippen LogP contribution in [0.2, 0.25) is 0 Å². The number of halogens is 3. The van der Waals surface area contributed by atoms with Gasteiger partial charge in [0.2, 0.25) is 5.85 Å². The number of hydrogen-bond donors (Lipinski definition) is 0. The predicted octanol–water partition coefficient (Wildman–Crippen LogP) is 3.98. The van der Waals surface area contributed by atoms with Crippen LogP contribution >= 0.6 is 15.9 Å². The van der Waals surface area contributed by atoms with Crippen LogP contribution < -0.4 is 5.56 Å².